The van der Waals surface area contributed by atoms with Crippen molar-refractivity contribution in [3.8, 4) is 0 Å². The highest BCUT2D eigenvalue weighted by atomic mass is 32.2. The van der Waals surface area contributed by atoms with Crippen LogP contribution in [0.2, 0.25) is 0 Å². The minimum atomic E-state index is 0.747. The topological polar surface area (TPSA) is 15.3 Å². The highest BCUT2D eigenvalue weighted by Gasteiger charge is 2.31. The van der Waals surface area contributed by atoms with Gasteiger partial charge in [0, 0.05) is 23.6 Å². The monoisotopic (exact) mass is 300 g/mol. The van der Waals surface area contributed by atoms with Crippen LogP contribution in [0.15, 0.2) is 0 Å². The minimum absolute atomic E-state index is 0.747. The zero-order chi connectivity index (χ0) is 15.0. The van der Waals surface area contributed by atoms with Crippen molar-refractivity contribution in [2.45, 2.75) is 65.2 Å². The van der Waals surface area contributed by atoms with Gasteiger partial charge < -0.3 is 10.2 Å². The molecule has 0 radical (unpaired) electrons. The highest BCUT2D eigenvalue weighted by Crippen LogP contribution is 2.36. The predicted molar refractivity (Wildman–Crippen MR) is 93.7 cm³/mol. The van der Waals surface area contributed by atoms with Gasteiger partial charge in [-0.2, -0.15) is 11.8 Å². The van der Waals surface area contributed by atoms with E-state index in [9.17, 15) is 0 Å². The highest BCUT2D eigenvalue weighted by molar-refractivity contribution is 8.00. The lowest BCUT2D eigenvalue weighted by Gasteiger charge is -2.38. The third kappa shape index (κ3) is 5.95. The maximum absolute atomic E-state index is 3.73. The lowest BCUT2D eigenvalue weighted by atomic mass is 9.79. The molecule has 1 fully saturated rings. The number of thioether (sulfide) groups is 1. The van der Waals surface area contributed by atoms with Gasteiger partial charge in [-0.1, -0.05) is 34.6 Å². The summed E-state index contributed by atoms with van der Waals surface area (Å²) in [6.45, 7) is 16.3. The van der Waals surface area contributed by atoms with Gasteiger partial charge in [-0.25, -0.2) is 0 Å². The molecule has 0 aromatic carbocycles. The molecule has 120 valence electrons. The lowest BCUT2D eigenvalue weighted by molar-refractivity contribution is 0.247. The van der Waals surface area contributed by atoms with Crippen LogP contribution in [0.5, 0.6) is 0 Å². The summed E-state index contributed by atoms with van der Waals surface area (Å²) in [6.07, 6.45) is 4.21. The normalized spacial score (nSPS) is 27.4. The summed E-state index contributed by atoms with van der Waals surface area (Å²) in [5, 5.41) is 4.55. The smallest absolute Gasteiger partial charge is 0.0204 e. The van der Waals surface area contributed by atoms with E-state index in [1.54, 1.807) is 0 Å². The quantitative estimate of drug-likeness (QED) is 0.696. The van der Waals surface area contributed by atoms with Crippen LogP contribution in [0, 0.1) is 11.8 Å². The Labute approximate surface area is 131 Å². The van der Waals surface area contributed by atoms with Gasteiger partial charge in [-0.3, -0.25) is 0 Å². The van der Waals surface area contributed by atoms with Crippen molar-refractivity contribution in [3.05, 3.63) is 0 Å². The van der Waals surface area contributed by atoms with Gasteiger partial charge in [0.15, 0.2) is 0 Å². The molecule has 1 N–H and O–H groups in total. The molecule has 1 saturated carbocycles. The van der Waals surface area contributed by atoms with Gasteiger partial charge in [0.1, 0.15) is 0 Å². The first kappa shape index (κ1) is 18.3. The molecule has 1 rings (SSSR count). The van der Waals surface area contributed by atoms with Crippen LogP contribution in [0.3, 0.4) is 0 Å². The van der Waals surface area contributed by atoms with Crippen molar-refractivity contribution < 1.29 is 0 Å². The first-order valence-electron chi connectivity index (χ1n) is 8.69. The van der Waals surface area contributed by atoms with E-state index in [4.69, 9.17) is 0 Å². The standard InChI is InChI=1S/C17H36N2S/c1-6-18-16-10-9-15(14(4)5)13-17(16)20-12-11-19(7-2)8-3/h14-18H,6-13H2,1-5H3. The van der Waals surface area contributed by atoms with Crippen molar-refractivity contribution >= 4 is 11.8 Å². The summed E-state index contributed by atoms with van der Waals surface area (Å²) in [7, 11) is 0. The average molecular weight is 301 g/mol. The molecule has 0 aliphatic heterocycles. The second-order valence-electron chi connectivity index (χ2n) is 6.42. The van der Waals surface area contributed by atoms with E-state index in [2.05, 4.69) is 56.6 Å². The molecule has 0 heterocycles. The van der Waals surface area contributed by atoms with Gasteiger partial charge in [-0.05, 0) is 50.7 Å². The summed E-state index contributed by atoms with van der Waals surface area (Å²) in [4.78, 5) is 2.54. The fourth-order valence-electron chi connectivity index (χ4n) is 3.32. The third-order valence-electron chi connectivity index (χ3n) is 4.88. The first-order chi connectivity index (χ1) is 9.62. The molecule has 0 spiro atoms. The molecule has 20 heavy (non-hydrogen) atoms. The molecular weight excluding hydrogens is 264 g/mol. The SMILES string of the molecule is CCNC1CCC(C(C)C)CC1SCCN(CC)CC. The van der Waals surface area contributed by atoms with Crippen molar-refractivity contribution in [2.24, 2.45) is 11.8 Å². The van der Waals surface area contributed by atoms with Crippen molar-refractivity contribution in [1.82, 2.24) is 10.2 Å². The van der Waals surface area contributed by atoms with Gasteiger partial charge in [0.2, 0.25) is 0 Å². The van der Waals surface area contributed by atoms with E-state index < -0.39 is 0 Å². The van der Waals surface area contributed by atoms with E-state index in [0.29, 0.717) is 0 Å². The molecular formula is C17H36N2S. The van der Waals surface area contributed by atoms with Crippen LogP contribution in [-0.4, -0.2) is 48.1 Å². The zero-order valence-electron chi connectivity index (χ0n) is 14.3. The maximum Gasteiger partial charge on any atom is 0.0204 e. The fourth-order valence-corrected chi connectivity index (χ4v) is 4.83. The zero-order valence-corrected chi connectivity index (χ0v) is 15.1. The Morgan fingerprint density at radius 1 is 1.15 bits per heavy atom. The molecule has 1 aliphatic rings. The number of nitrogens with one attached hydrogen (secondary N) is 1. The molecule has 3 atom stereocenters. The summed E-state index contributed by atoms with van der Waals surface area (Å²) in [6, 6.07) is 0.747. The third-order valence-corrected chi connectivity index (χ3v) is 6.24. The Morgan fingerprint density at radius 2 is 1.85 bits per heavy atom. The molecule has 3 heteroatoms. The number of rotatable bonds is 9. The van der Waals surface area contributed by atoms with E-state index in [1.165, 1.54) is 44.6 Å². The van der Waals surface area contributed by atoms with Crippen LogP contribution < -0.4 is 5.32 Å². The van der Waals surface area contributed by atoms with E-state index in [1.807, 2.05) is 0 Å². The van der Waals surface area contributed by atoms with Gasteiger partial charge in [0.05, 0.1) is 0 Å². The second-order valence-corrected chi connectivity index (χ2v) is 7.76. The minimum Gasteiger partial charge on any atom is -0.313 e. The summed E-state index contributed by atoms with van der Waals surface area (Å²) < 4.78 is 0. The van der Waals surface area contributed by atoms with Crippen molar-refractivity contribution in [1.29, 1.82) is 0 Å². The van der Waals surface area contributed by atoms with E-state index in [-0.39, 0.29) is 0 Å². The molecule has 1 aliphatic carbocycles. The van der Waals surface area contributed by atoms with Crippen LogP contribution in [0.4, 0.5) is 0 Å². The average Bonchev–Trinajstić information content (AvgIpc) is 2.45. The molecule has 0 aromatic rings. The van der Waals surface area contributed by atoms with Crippen LogP contribution in [0.1, 0.15) is 53.9 Å². The molecule has 0 amide bonds. The van der Waals surface area contributed by atoms with Crippen molar-refractivity contribution in [2.75, 3.05) is 31.9 Å². The van der Waals surface area contributed by atoms with E-state index >= 15 is 0 Å². The summed E-state index contributed by atoms with van der Waals surface area (Å²) in [5.41, 5.74) is 0. The predicted octanol–water partition coefficient (Wildman–Crippen LogP) is 3.86. The largest absolute Gasteiger partial charge is 0.313 e. The summed E-state index contributed by atoms with van der Waals surface area (Å²) in [5.74, 6) is 3.08. The fraction of sp³-hybridized carbons (Fsp3) is 1.00. The first-order valence-corrected chi connectivity index (χ1v) is 9.74. The van der Waals surface area contributed by atoms with Crippen LogP contribution in [-0.2, 0) is 0 Å². The van der Waals surface area contributed by atoms with E-state index in [0.717, 1.165) is 29.7 Å². The Hall–Kier alpha value is 0.270. The molecule has 0 saturated heterocycles. The Bertz CT molecular complexity index is 241. The van der Waals surface area contributed by atoms with Gasteiger partial charge in [0.25, 0.3) is 0 Å². The number of hydrogen-bond acceptors (Lipinski definition) is 3. The van der Waals surface area contributed by atoms with Crippen LogP contribution >= 0.6 is 11.8 Å². The Balaban J connectivity index is 2.43. The summed E-state index contributed by atoms with van der Waals surface area (Å²) >= 11 is 2.22. The molecule has 3 unspecified atom stereocenters. The Kier molecular flexibility index (Phi) is 9.23. The number of hydrogen-bond donors (Lipinski definition) is 1. The van der Waals surface area contributed by atoms with Gasteiger partial charge in [-0.15, -0.1) is 0 Å². The van der Waals surface area contributed by atoms with Crippen LogP contribution in [0.25, 0.3) is 0 Å². The molecule has 0 bridgehead atoms. The molecule has 2 nitrogen and oxygen atoms in total. The molecule has 0 aromatic heterocycles. The maximum atomic E-state index is 3.73. The lowest BCUT2D eigenvalue weighted by Crippen LogP contribution is -2.43. The number of nitrogens with zero attached hydrogens (tertiary/aromatic N) is 1. The Morgan fingerprint density at radius 3 is 2.40 bits per heavy atom. The van der Waals surface area contributed by atoms with Crippen molar-refractivity contribution in [3.63, 3.8) is 0 Å². The van der Waals surface area contributed by atoms with Gasteiger partial charge >= 0.3 is 0 Å². The second kappa shape index (κ2) is 10.1.